The van der Waals surface area contributed by atoms with E-state index in [0.29, 0.717) is 42.6 Å². The molecule has 0 radical (unpaired) electrons. The number of hydrogen-bond acceptors (Lipinski definition) is 4. The Hall–Kier alpha value is -1.42. The summed E-state index contributed by atoms with van der Waals surface area (Å²) in [6.07, 6.45) is 11.3. The van der Waals surface area contributed by atoms with Crippen molar-refractivity contribution in [2.75, 3.05) is 6.61 Å². The lowest BCUT2D eigenvalue weighted by molar-refractivity contribution is -0.137. The summed E-state index contributed by atoms with van der Waals surface area (Å²) in [7, 11) is 0. The molecule has 9 atom stereocenters. The highest BCUT2D eigenvalue weighted by atomic mass is 16.5. The van der Waals surface area contributed by atoms with Crippen molar-refractivity contribution in [3.63, 3.8) is 0 Å². The van der Waals surface area contributed by atoms with Crippen molar-refractivity contribution in [3.05, 3.63) is 23.8 Å². The van der Waals surface area contributed by atoms with Crippen LogP contribution >= 0.6 is 0 Å². The number of carbonyl (C=O) groups is 2. The standard InChI is InChI=1S/C27H40O4/c1-6-31-23(29)10-7-16(2)19-8-9-20-24-21(12-14-26(19,20)4)27(5)13-11-18(28)15-22(27)17(3)25(24)30/h7,10,15-17,19-21,24-25,30H,6,8-9,11-14H2,1-5H3/b10-7+/t16-,17-,19-,20?,21?,24?,25+,26-,27-/m1/s1. The highest BCUT2D eigenvalue weighted by Gasteiger charge is 2.63. The highest BCUT2D eigenvalue weighted by Crippen LogP contribution is 2.68. The molecule has 3 fully saturated rings. The van der Waals surface area contributed by atoms with Gasteiger partial charge in [-0.05, 0) is 85.5 Å². The number of esters is 1. The lowest BCUT2D eigenvalue weighted by atomic mass is 9.44. The van der Waals surface area contributed by atoms with Gasteiger partial charge in [0.1, 0.15) is 0 Å². The van der Waals surface area contributed by atoms with E-state index in [1.807, 2.05) is 19.1 Å². The Balaban J connectivity index is 1.60. The summed E-state index contributed by atoms with van der Waals surface area (Å²) in [6.45, 7) is 11.4. The van der Waals surface area contributed by atoms with Gasteiger partial charge in [0.25, 0.3) is 0 Å². The molecule has 0 saturated heterocycles. The maximum absolute atomic E-state index is 12.2. The first-order chi connectivity index (χ1) is 14.6. The van der Waals surface area contributed by atoms with E-state index in [0.717, 1.165) is 25.7 Å². The van der Waals surface area contributed by atoms with Crippen LogP contribution in [0.15, 0.2) is 23.8 Å². The zero-order valence-electron chi connectivity index (χ0n) is 19.9. The van der Waals surface area contributed by atoms with Crippen LogP contribution in [0.2, 0.25) is 0 Å². The normalized spacial score (nSPS) is 45.5. The van der Waals surface area contributed by atoms with Crippen LogP contribution in [0.25, 0.3) is 0 Å². The van der Waals surface area contributed by atoms with Crippen molar-refractivity contribution in [3.8, 4) is 0 Å². The van der Waals surface area contributed by atoms with E-state index in [1.165, 1.54) is 12.0 Å². The second-order valence-corrected chi connectivity index (χ2v) is 11.3. The molecule has 0 heterocycles. The van der Waals surface area contributed by atoms with Crippen molar-refractivity contribution < 1.29 is 19.4 Å². The number of allylic oxidation sites excluding steroid dienone is 1. The summed E-state index contributed by atoms with van der Waals surface area (Å²) in [5.74, 6) is 2.12. The van der Waals surface area contributed by atoms with Crippen LogP contribution in [0.1, 0.15) is 73.1 Å². The Bertz CT molecular complexity index is 797. The van der Waals surface area contributed by atoms with Crippen LogP contribution in [0, 0.1) is 46.3 Å². The summed E-state index contributed by atoms with van der Waals surface area (Å²) in [5.41, 5.74) is 1.44. The molecule has 3 unspecified atom stereocenters. The number of ketones is 1. The smallest absolute Gasteiger partial charge is 0.330 e. The van der Waals surface area contributed by atoms with Crippen molar-refractivity contribution in [2.45, 2.75) is 79.2 Å². The van der Waals surface area contributed by atoms with Crippen LogP contribution in [-0.4, -0.2) is 29.6 Å². The molecule has 0 amide bonds. The Morgan fingerprint density at radius 2 is 2.00 bits per heavy atom. The average molecular weight is 429 g/mol. The summed E-state index contributed by atoms with van der Waals surface area (Å²) < 4.78 is 5.06. The van der Waals surface area contributed by atoms with Crippen LogP contribution in [-0.2, 0) is 14.3 Å². The number of aliphatic hydroxyl groups excluding tert-OH is 1. The van der Waals surface area contributed by atoms with Gasteiger partial charge in [-0.2, -0.15) is 0 Å². The molecule has 4 heteroatoms. The number of hydrogen-bond donors (Lipinski definition) is 1. The third-order valence-electron chi connectivity index (χ3n) is 9.95. The molecule has 0 aromatic heterocycles. The molecule has 4 aliphatic carbocycles. The van der Waals surface area contributed by atoms with Crippen molar-refractivity contribution in [1.82, 2.24) is 0 Å². The van der Waals surface area contributed by atoms with E-state index >= 15 is 0 Å². The number of ether oxygens (including phenoxy) is 1. The summed E-state index contributed by atoms with van der Waals surface area (Å²) >= 11 is 0. The van der Waals surface area contributed by atoms with Gasteiger partial charge in [-0.25, -0.2) is 4.79 Å². The Morgan fingerprint density at radius 1 is 1.26 bits per heavy atom. The Morgan fingerprint density at radius 3 is 2.71 bits per heavy atom. The van der Waals surface area contributed by atoms with Gasteiger partial charge >= 0.3 is 5.97 Å². The molecule has 4 rings (SSSR count). The number of rotatable bonds is 4. The minimum atomic E-state index is -0.371. The van der Waals surface area contributed by atoms with Crippen LogP contribution in [0.3, 0.4) is 0 Å². The van der Waals surface area contributed by atoms with E-state index in [1.54, 1.807) is 6.08 Å². The van der Waals surface area contributed by atoms with E-state index in [2.05, 4.69) is 27.7 Å². The van der Waals surface area contributed by atoms with Gasteiger partial charge in [0.05, 0.1) is 12.7 Å². The average Bonchev–Trinajstić information content (AvgIpc) is 3.08. The molecule has 0 aliphatic heterocycles. The lowest BCUT2D eigenvalue weighted by Crippen LogP contribution is -2.58. The van der Waals surface area contributed by atoms with E-state index in [9.17, 15) is 14.7 Å². The minimum absolute atomic E-state index is 0.0477. The molecule has 0 spiro atoms. The second kappa shape index (κ2) is 8.17. The molecule has 172 valence electrons. The quantitative estimate of drug-likeness (QED) is 0.499. The fourth-order valence-electron chi connectivity index (χ4n) is 8.38. The fourth-order valence-corrected chi connectivity index (χ4v) is 8.38. The van der Waals surface area contributed by atoms with Crippen LogP contribution < -0.4 is 0 Å². The highest BCUT2D eigenvalue weighted by molar-refractivity contribution is 5.91. The lowest BCUT2D eigenvalue weighted by Gasteiger charge is -2.61. The largest absolute Gasteiger partial charge is 0.463 e. The SMILES string of the molecule is CCOC(=O)/C=C/[C@@H](C)[C@H]1CCC2C3C(CC[C@@]21C)[C@@]1(C)CCC(=O)C=C1[C@@H](C)[C@@H]3O. The minimum Gasteiger partial charge on any atom is -0.463 e. The summed E-state index contributed by atoms with van der Waals surface area (Å²) in [5, 5.41) is 11.5. The maximum atomic E-state index is 12.2. The topological polar surface area (TPSA) is 63.6 Å². The maximum Gasteiger partial charge on any atom is 0.330 e. The van der Waals surface area contributed by atoms with Gasteiger partial charge in [-0.3, -0.25) is 4.79 Å². The molecule has 0 bridgehead atoms. The first-order valence-corrected chi connectivity index (χ1v) is 12.4. The molecule has 1 N–H and O–H groups in total. The van der Waals surface area contributed by atoms with Gasteiger partial charge in [0.15, 0.2) is 5.78 Å². The predicted octanol–water partition coefficient (Wildman–Crippen LogP) is 5.11. The van der Waals surface area contributed by atoms with Crippen molar-refractivity contribution >= 4 is 11.8 Å². The third kappa shape index (κ3) is 3.53. The number of carbonyl (C=O) groups excluding carboxylic acids is 2. The Kier molecular flexibility index (Phi) is 6.00. The molecule has 0 aromatic rings. The predicted molar refractivity (Wildman–Crippen MR) is 121 cm³/mol. The zero-order valence-corrected chi connectivity index (χ0v) is 19.9. The second-order valence-electron chi connectivity index (χ2n) is 11.3. The monoisotopic (exact) mass is 428 g/mol. The third-order valence-corrected chi connectivity index (χ3v) is 9.95. The molecular formula is C27H40O4. The van der Waals surface area contributed by atoms with Crippen molar-refractivity contribution in [2.24, 2.45) is 46.3 Å². The molecule has 31 heavy (non-hydrogen) atoms. The first kappa shape index (κ1) is 22.8. The van der Waals surface area contributed by atoms with E-state index in [-0.39, 0.29) is 34.6 Å². The van der Waals surface area contributed by atoms with E-state index < -0.39 is 0 Å². The number of fused-ring (bicyclic) bond motifs is 5. The molecule has 4 aliphatic rings. The molecule has 4 nitrogen and oxygen atoms in total. The number of aliphatic hydroxyl groups is 1. The van der Waals surface area contributed by atoms with E-state index in [4.69, 9.17) is 4.74 Å². The van der Waals surface area contributed by atoms with Gasteiger partial charge in [0.2, 0.25) is 0 Å². The van der Waals surface area contributed by atoms with Gasteiger partial charge in [0, 0.05) is 18.4 Å². The zero-order chi connectivity index (χ0) is 22.6. The molecule has 3 saturated carbocycles. The molecule has 0 aromatic carbocycles. The summed E-state index contributed by atoms with van der Waals surface area (Å²) in [6, 6.07) is 0. The Labute approximate surface area is 187 Å². The fraction of sp³-hybridized carbons (Fsp3) is 0.778. The van der Waals surface area contributed by atoms with Crippen molar-refractivity contribution in [1.29, 1.82) is 0 Å². The van der Waals surface area contributed by atoms with Gasteiger partial charge in [-0.15, -0.1) is 0 Å². The summed E-state index contributed by atoms with van der Waals surface area (Å²) in [4.78, 5) is 24.0. The van der Waals surface area contributed by atoms with Crippen LogP contribution in [0.5, 0.6) is 0 Å². The van der Waals surface area contributed by atoms with Gasteiger partial charge < -0.3 is 9.84 Å². The molecular weight excluding hydrogens is 388 g/mol. The van der Waals surface area contributed by atoms with Crippen LogP contribution in [0.4, 0.5) is 0 Å². The first-order valence-electron chi connectivity index (χ1n) is 12.4. The van der Waals surface area contributed by atoms with Gasteiger partial charge in [-0.1, -0.05) is 39.3 Å².